The van der Waals surface area contributed by atoms with Crippen molar-refractivity contribution in [3.05, 3.63) is 47.3 Å². The number of allylic oxidation sites excluding steroid dienone is 8. The Hall–Kier alpha value is -3.12. The van der Waals surface area contributed by atoms with Gasteiger partial charge in [-0.1, -0.05) is 0 Å². The van der Waals surface area contributed by atoms with Crippen molar-refractivity contribution >= 4 is 23.1 Å². The van der Waals surface area contributed by atoms with Gasteiger partial charge in [0.1, 0.15) is 0 Å². The molecule has 0 radical (unpaired) electrons. The first-order valence-corrected chi connectivity index (χ1v) is 9.21. The van der Waals surface area contributed by atoms with Crippen molar-refractivity contribution in [2.24, 2.45) is 0 Å². The molecule has 21 heteroatoms. The minimum Gasteiger partial charge on any atom is -0.869 e. The Morgan fingerprint density at radius 1 is 0.390 bits per heavy atom. The van der Waals surface area contributed by atoms with E-state index in [1.165, 1.54) is 0 Å². The van der Waals surface area contributed by atoms with E-state index in [9.17, 15) is 92.3 Å². The van der Waals surface area contributed by atoms with Gasteiger partial charge in [-0.15, -0.1) is 0 Å². The van der Waals surface area contributed by atoms with E-state index in [-0.39, 0.29) is 50.5 Å². The van der Waals surface area contributed by atoms with Crippen molar-refractivity contribution < 1.29 is 118 Å². The fourth-order valence-corrected chi connectivity index (χ4v) is 1.07. The largest absolute Gasteiger partial charge is 4.00 e. The maximum Gasteiger partial charge on any atom is 4.00 e. The maximum absolute atomic E-state index is 11.3. The first kappa shape index (κ1) is 47.7. The number of carbonyl (C=O) groups is 4. The molecule has 8 nitrogen and oxygen atoms in total. The van der Waals surface area contributed by atoms with Crippen molar-refractivity contribution in [3.63, 3.8) is 0 Å². The quantitative estimate of drug-likeness (QED) is 0.242. The SMILES string of the molecule is CC(=O)/C=C(/[O-])C(F)(F)F.CC(=O)/C=C(/[O-])C(F)(F)F.CC(=O)/C=C(/[O-])C(F)(F)F.CC(=O)/C=C(/[O-])C(F)(F)F.[Zr+4]. The summed E-state index contributed by atoms with van der Waals surface area (Å²) in [5.74, 6) is -12.0. The van der Waals surface area contributed by atoms with Gasteiger partial charge in [0.25, 0.3) is 0 Å². The average molecular weight is 704 g/mol. The number of halogens is 12. The van der Waals surface area contributed by atoms with Gasteiger partial charge in [-0.05, 0) is 75.0 Å². The van der Waals surface area contributed by atoms with Gasteiger partial charge < -0.3 is 20.4 Å². The van der Waals surface area contributed by atoms with Crippen molar-refractivity contribution in [1.82, 2.24) is 0 Å². The average Bonchev–Trinajstić information content (AvgIpc) is 2.64. The molecule has 0 aliphatic rings. The third kappa shape index (κ3) is 33.0. The molecule has 0 rings (SSSR count). The third-order valence-corrected chi connectivity index (χ3v) is 2.45. The van der Waals surface area contributed by atoms with Crippen LogP contribution in [0.4, 0.5) is 52.7 Å². The van der Waals surface area contributed by atoms with Gasteiger partial charge >= 0.3 is 50.9 Å². The second kappa shape index (κ2) is 19.9. The summed E-state index contributed by atoms with van der Waals surface area (Å²) in [5.41, 5.74) is 0. The molecule has 0 aromatic rings. The second-order valence-corrected chi connectivity index (χ2v) is 6.47. The number of hydrogen-bond acceptors (Lipinski definition) is 8. The minimum absolute atomic E-state index is 0. The Morgan fingerprint density at radius 2 is 0.488 bits per heavy atom. The fraction of sp³-hybridized carbons (Fsp3) is 0.400. The van der Waals surface area contributed by atoms with Crippen LogP contribution in [-0.4, -0.2) is 47.8 Å². The molecule has 0 amide bonds. The summed E-state index contributed by atoms with van der Waals surface area (Å²) in [7, 11) is 0. The predicted octanol–water partition coefficient (Wildman–Crippen LogP) is 1.53. The molecule has 0 saturated carbocycles. The van der Waals surface area contributed by atoms with Gasteiger partial charge in [-0.2, -0.15) is 52.7 Å². The van der Waals surface area contributed by atoms with Crippen molar-refractivity contribution in [2.45, 2.75) is 52.4 Å². The summed E-state index contributed by atoms with van der Waals surface area (Å²) in [4.78, 5) is 39.7. The van der Waals surface area contributed by atoms with E-state index in [4.69, 9.17) is 0 Å². The molecule has 0 N–H and O–H groups in total. The molecule has 0 saturated heterocycles. The van der Waals surface area contributed by atoms with Crippen molar-refractivity contribution in [2.75, 3.05) is 0 Å². The topological polar surface area (TPSA) is 161 Å². The predicted molar refractivity (Wildman–Crippen MR) is 99.3 cm³/mol. The molecule has 0 bridgehead atoms. The Labute approximate surface area is 241 Å². The van der Waals surface area contributed by atoms with Gasteiger partial charge in [0.2, 0.25) is 0 Å². The van der Waals surface area contributed by atoms with Crippen LogP contribution in [0.2, 0.25) is 0 Å². The molecular formula is C20H16F12O8Zr. The normalized spacial score (nSPS) is 13.1. The molecule has 232 valence electrons. The molecule has 0 heterocycles. The van der Waals surface area contributed by atoms with E-state index in [2.05, 4.69) is 0 Å². The number of alkyl halides is 12. The number of rotatable bonds is 4. The van der Waals surface area contributed by atoms with Crippen molar-refractivity contribution in [1.29, 1.82) is 0 Å². The van der Waals surface area contributed by atoms with E-state index < -0.39 is 70.9 Å². The zero-order valence-electron chi connectivity index (χ0n) is 20.6. The van der Waals surface area contributed by atoms with Crippen LogP contribution in [0.5, 0.6) is 0 Å². The zero-order valence-corrected chi connectivity index (χ0v) is 23.1. The molecule has 0 fully saturated rings. The zero-order chi connectivity index (χ0) is 33.4. The minimum atomic E-state index is -4.92. The Bertz CT molecular complexity index is 840. The Kier molecular flexibility index (Phi) is 23.1. The van der Waals surface area contributed by atoms with E-state index >= 15 is 0 Å². The van der Waals surface area contributed by atoms with E-state index in [1.54, 1.807) is 0 Å². The molecule has 0 spiro atoms. The summed E-state index contributed by atoms with van der Waals surface area (Å²) >= 11 is 0. The summed E-state index contributed by atoms with van der Waals surface area (Å²) in [6.45, 7) is 3.51. The Morgan fingerprint density at radius 3 is 0.512 bits per heavy atom. The van der Waals surface area contributed by atoms with Crippen LogP contribution >= 0.6 is 0 Å². The summed E-state index contributed by atoms with van der Waals surface area (Å²) < 4.78 is 135. The maximum atomic E-state index is 11.3. The molecule has 0 unspecified atom stereocenters. The molecule has 41 heavy (non-hydrogen) atoms. The first-order chi connectivity index (χ1) is 17.3. The standard InChI is InChI=1S/4C5H5F3O2.Zr/c4*1-3(9)2-4(10)5(6,7)8;/h4*2,10H,1H3;/q;;;;+4/p-4/b4*4-2+;. The third-order valence-electron chi connectivity index (χ3n) is 2.45. The van der Waals surface area contributed by atoms with Crippen LogP contribution in [0.3, 0.4) is 0 Å². The number of carbonyl (C=O) groups excluding carboxylic acids is 4. The smallest absolute Gasteiger partial charge is 0.869 e. The van der Waals surface area contributed by atoms with Crippen LogP contribution in [-0.2, 0) is 45.4 Å². The number of hydrogen-bond donors (Lipinski definition) is 0. The van der Waals surface area contributed by atoms with Gasteiger partial charge in [-0.25, -0.2) is 0 Å². The van der Waals surface area contributed by atoms with Gasteiger partial charge in [-0.3, -0.25) is 19.2 Å². The fourth-order valence-electron chi connectivity index (χ4n) is 1.07. The van der Waals surface area contributed by atoms with Gasteiger partial charge in [0, 0.05) is 0 Å². The van der Waals surface area contributed by atoms with Crippen LogP contribution in [0.25, 0.3) is 0 Å². The van der Waals surface area contributed by atoms with Crippen LogP contribution < -0.4 is 20.4 Å². The molecule has 0 aromatic carbocycles. The van der Waals surface area contributed by atoms with E-state index in [0.29, 0.717) is 0 Å². The summed E-state index contributed by atoms with van der Waals surface area (Å²) in [6.07, 6.45) is -19.6. The first-order valence-electron chi connectivity index (χ1n) is 9.21. The van der Waals surface area contributed by atoms with Crippen LogP contribution in [0.15, 0.2) is 47.3 Å². The Balaban J connectivity index is -0.000000139. The van der Waals surface area contributed by atoms with E-state index in [0.717, 1.165) is 27.7 Å². The number of ketones is 4. The van der Waals surface area contributed by atoms with Gasteiger partial charge in [0.05, 0.1) is 0 Å². The molecule has 0 aliphatic carbocycles. The monoisotopic (exact) mass is 702 g/mol. The molecule has 0 aliphatic heterocycles. The second-order valence-electron chi connectivity index (χ2n) is 6.47. The van der Waals surface area contributed by atoms with Gasteiger partial charge in [0.15, 0.2) is 23.1 Å². The van der Waals surface area contributed by atoms with Crippen LogP contribution in [0, 0.1) is 0 Å². The summed E-state index contributed by atoms with van der Waals surface area (Å²) in [5, 5.41) is 39.5. The molecular weight excluding hydrogens is 687 g/mol. The molecule has 0 atom stereocenters. The molecule has 0 aromatic heterocycles. The van der Waals surface area contributed by atoms with E-state index in [1.807, 2.05) is 0 Å². The van der Waals surface area contributed by atoms with Crippen molar-refractivity contribution in [3.8, 4) is 0 Å². The van der Waals surface area contributed by atoms with Crippen LogP contribution in [0.1, 0.15) is 27.7 Å². The summed E-state index contributed by atoms with van der Waals surface area (Å²) in [6, 6.07) is 0.